The van der Waals surface area contributed by atoms with Gasteiger partial charge in [0.2, 0.25) is 0 Å². The normalized spacial score (nSPS) is 18.3. The molecule has 2 aromatic rings. The first-order valence-corrected chi connectivity index (χ1v) is 7.19. The number of aromatic nitrogens is 1. The molecular weight excluding hydrogens is 267 g/mol. The summed E-state index contributed by atoms with van der Waals surface area (Å²) in [6.45, 7) is 0. The van der Waals surface area contributed by atoms with E-state index >= 15 is 0 Å². The van der Waals surface area contributed by atoms with Crippen molar-refractivity contribution in [2.24, 2.45) is 0 Å². The fraction of sp³-hybridized carbons (Fsp3) is 0.353. The summed E-state index contributed by atoms with van der Waals surface area (Å²) in [7, 11) is 3.42. The van der Waals surface area contributed by atoms with Crippen molar-refractivity contribution in [1.29, 1.82) is 0 Å². The van der Waals surface area contributed by atoms with Crippen LogP contribution in [-0.2, 0) is 6.42 Å². The third kappa shape index (κ3) is 2.51. The molecule has 1 aliphatic carbocycles. The molecule has 1 aliphatic rings. The monoisotopic (exact) mass is 286 g/mol. The van der Waals surface area contributed by atoms with Crippen molar-refractivity contribution in [3.63, 3.8) is 0 Å². The van der Waals surface area contributed by atoms with Gasteiger partial charge in [0.25, 0.3) is 0 Å². The zero-order valence-corrected chi connectivity index (χ0v) is 12.3. The number of ether oxygens (including phenoxy) is 1. The van der Waals surface area contributed by atoms with Crippen LogP contribution in [0.4, 0.5) is 4.39 Å². The Hall–Kier alpha value is -1.94. The Kier molecular flexibility index (Phi) is 3.88. The number of aryl methyl sites for hydroxylation is 1. The van der Waals surface area contributed by atoms with Crippen LogP contribution in [0.25, 0.3) is 0 Å². The lowest BCUT2D eigenvalue weighted by atomic mass is 9.90. The molecule has 110 valence electrons. The van der Waals surface area contributed by atoms with Gasteiger partial charge in [-0.25, -0.2) is 4.39 Å². The summed E-state index contributed by atoms with van der Waals surface area (Å²) < 4.78 is 18.7. The molecule has 4 heteroatoms. The van der Waals surface area contributed by atoms with Crippen LogP contribution >= 0.6 is 0 Å². The van der Waals surface area contributed by atoms with Crippen molar-refractivity contribution in [2.75, 3.05) is 14.2 Å². The molecule has 2 atom stereocenters. The molecular formula is C17H19FN2O. The number of likely N-dealkylation sites (N-methyl/N-ethyl adjacent to an activating group) is 1. The van der Waals surface area contributed by atoms with Crippen molar-refractivity contribution in [1.82, 2.24) is 10.3 Å². The fourth-order valence-corrected chi connectivity index (χ4v) is 3.24. The van der Waals surface area contributed by atoms with Crippen LogP contribution in [0.5, 0.6) is 5.75 Å². The van der Waals surface area contributed by atoms with E-state index in [9.17, 15) is 4.39 Å². The molecule has 1 N–H and O–H groups in total. The van der Waals surface area contributed by atoms with E-state index in [4.69, 9.17) is 4.74 Å². The number of nitrogens with zero attached hydrogens (tertiary/aromatic N) is 1. The summed E-state index contributed by atoms with van der Waals surface area (Å²) in [4.78, 5) is 4.55. The Labute approximate surface area is 124 Å². The quantitative estimate of drug-likeness (QED) is 0.937. The summed E-state index contributed by atoms with van der Waals surface area (Å²) in [5.74, 6) is 0.259. The smallest absolute Gasteiger partial charge is 0.165 e. The number of methoxy groups -OCH3 is 1. The largest absolute Gasteiger partial charge is 0.494 e. The summed E-state index contributed by atoms with van der Waals surface area (Å²) >= 11 is 0. The molecule has 3 rings (SSSR count). The van der Waals surface area contributed by atoms with Gasteiger partial charge in [-0.05, 0) is 49.2 Å². The molecule has 0 saturated heterocycles. The first-order chi connectivity index (χ1) is 10.2. The van der Waals surface area contributed by atoms with Gasteiger partial charge in [-0.1, -0.05) is 12.1 Å². The topological polar surface area (TPSA) is 34.1 Å². The average Bonchev–Trinajstić information content (AvgIpc) is 2.94. The van der Waals surface area contributed by atoms with E-state index < -0.39 is 0 Å². The standard InChI is InChI=1S/C17H19FN2O/c1-19-16(12-6-8-14(18)15(10-12)21-2)13-7-5-11-4-3-9-20-17(11)13/h3-4,6,8-10,13,16,19H,5,7H2,1-2H3. The average molecular weight is 286 g/mol. The summed E-state index contributed by atoms with van der Waals surface area (Å²) in [6, 6.07) is 9.29. The second-order valence-electron chi connectivity index (χ2n) is 5.35. The molecule has 0 aliphatic heterocycles. The number of rotatable bonds is 4. The van der Waals surface area contributed by atoms with Gasteiger partial charge in [0.15, 0.2) is 11.6 Å². The van der Waals surface area contributed by atoms with E-state index in [1.165, 1.54) is 18.7 Å². The molecule has 1 aromatic carbocycles. The number of benzene rings is 1. The zero-order chi connectivity index (χ0) is 14.8. The highest BCUT2D eigenvalue weighted by Gasteiger charge is 2.31. The highest BCUT2D eigenvalue weighted by Crippen LogP contribution is 2.41. The van der Waals surface area contributed by atoms with Crippen molar-refractivity contribution < 1.29 is 9.13 Å². The maximum Gasteiger partial charge on any atom is 0.165 e. The van der Waals surface area contributed by atoms with Crippen LogP contribution in [0.3, 0.4) is 0 Å². The lowest BCUT2D eigenvalue weighted by Gasteiger charge is -2.24. The first-order valence-electron chi connectivity index (χ1n) is 7.19. The Morgan fingerprint density at radius 1 is 1.38 bits per heavy atom. The lowest BCUT2D eigenvalue weighted by molar-refractivity contribution is 0.383. The molecule has 1 aromatic heterocycles. The Morgan fingerprint density at radius 2 is 2.24 bits per heavy atom. The fourth-order valence-electron chi connectivity index (χ4n) is 3.24. The van der Waals surface area contributed by atoms with Gasteiger partial charge < -0.3 is 10.1 Å². The van der Waals surface area contributed by atoms with Crippen molar-refractivity contribution in [3.8, 4) is 5.75 Å². The summed E-state index contributed by atoms with van der Waals surface area (Å²) in [5, 5.41) is 3.35. The van der Waals surface area contributed by atoms with Gasteiger partial charge in [-0.2, -0.15) is 0 Å². The molecule has 0 fully saturated rings. The third-order valence-electron chi connectivity index (χ3n) is 4.25. The van der Waals surface area contributed by atoms with Crippen LogP contribution in [0.1, 0.15) is 35.2 Å². The summed E-state index contributed by atoms with van der Waals surface area (Å²) in [6.07, 6.45) is 3.94. The van der Waals surface area contributed by atoms with Crippen molar-refractivity contribution in [2.45, 2.75) is 24.8 Å². The molecule has 0 spiro atoms. The third-order valence-corrected chi connectivity index (χ3v) is 4.25. The van der Waals surface area contributed by atoms with E-state index in [0.29, 0.717) is 5.92 Å². The van der Waals surface area contributed by atoms with Gasteiger partial charge in [-0.15, -0.1) is 0 Å². The number of halogens is 1. The maximum atomic E-state index is 13.6. The Morgan fingerprint density at radius 3 is 3.00 bits per heavy atom. The molecule has 0 bridgehead atoms. The molecule has 0 saturated carbocycles. The summed E-state index contributed by atoms with van der Waals surface area (Å²) in [5.41, 5.74) is 3.50. The van der Waals surface area contributed by atoms with Crippen LogP contribution in [0.15, 0.2) is 36.5 Å². The van der Waals surface area contributed by atoms with E-state index in [1.807, 2.05) is 25.4 Å². The van der Waals surface area contributed by atoms with Crippen molar-refractivity contribution in [3.05, 3.63) is 59.2 Å². The highest BCUT2D eigenvalue weighted by atomic mass is 19.1. The van der Waals surface area contributed by atoms with E-state index in [0.717, 1.165) is 24.1 Å². The number of hydrogen-bond acceptors (Lipinski definition) is 3. The highest BCUT2D eigenvalue weighted by molar-refractivity contribution is 5.37. The van der Waals surface area contributed by atoms with Crippen LogP contribution in [0, 0.1) is 5.82 Å². The number of nitrogens with one attached hydrogen (secondary N) is 1. The molecule has 0 amide bonds. The predicted molar refractivity (Wildman–Crippen MR) is 80.1 cm³/mol. The SMILES string of the molecule is CNC(c1ccc(F)c(OC)c1)C1CCc2cccnc21. The maximum absolute atomic E-state index is 13.6. The zero-order valence-electron chi connectivity index (χ0n) is 12.3. The van der Waals surface area contributed by atoms with Crippen LogP contribution in [-0.4, -0.2) is 19.1 Å². The van der Waals surface area contributed by atoms with Gasteiger partial charge in [0.1, 0.15) is 0 Å². The number of pyridine rings is 1. The molecule has 1 heterocycles. The Balaban J connectivity index is 1.96. The van der Waals surface area contributed by atoms with E-state index in [1.54, 1.807) is 6.07 Å². The number of fused-ring (bicyclic) bond motifs is 1. The van der Waals surface area contributed by atoms with Gasteiger partial charge >= 0.3 is 0 Å². The van der Waals surface area contributed by atoms with E-state index in [-0.39, 0.29) is 17.6 Å². The Bertz CT molecular complexity index is 644. The van der Waals surface area contributed by atoms with Gasteiger partial charge in [0.05, 0.1) is 7.11 Å². The van der Waals surface area contributed by atoms with Crippen LogP contribution < -0.4 is 10.1 Å². The second-order valence-corrected chi connectivity index (χ2v) is 5.35. The van der Waals surface area contributed by atoms with E-state index in [2.05, 4.69) is 16.4 Å². The second kappa shape index (κ2) is 5.82. The van der Waals surface area contributed by atoms with Gasteiger partial charge in [0, 0.05) is 23.9 Å². The molecule has 0 radical (unpaired) electrons. The lowest BCUT2D eigenvalue weighted by Crippen LogP contribution is -2.23. The minimum Gasteiger partial charge on any atom is -0.494 e. The predicted octanol–water partition coefficient (Wildman–Crippen LogP) is 3.22. The molecule has 3 nitrogen and oxygen atoms in total. The first kappa shape index (κ1) is 14.0. The molecule has 2 unspecified atom stereocenters. The van der Waals surface area contributed by atoms with Gasteiger partial charge in [-0.3, -0.25) is 4.98 Å². The molecule has 21 heavy (non-hydrogen) atoms. The van der Waals surface area contributed by atoms with Crippen molar-refractivity contribution >= 4 is 0 Å². The van der Waals surface area contributed by atoms with Crippen LogP contribution in [0.2, 0.25) is 0 Å². The minimum atomic E-state index is -0.332. The minimum absolute atomic E-state index is 0.107. The number of hydrogen-bond donors (Lipinski definition) is 1.